The summed E-state index contributed by atoms with van der Waals surface area (Å²) in [6.07, 6.45) is 10.6. The predicted octanol–water partition coefficient (Wildman–Crippen LogP) is 0.671. The second-order valence-corrected chi connectivity index (χ2v) is 7.29. The van der Waals surface area contributed by atoms with Crippen molar-refractivity contribution >= 4 is 0 Å². The van der Waals surface area contributed by atoms with Crippen molar-refractivity contribution in [3.63, 3.8) is 0 Å². The minimum atomic E-state index is 0.516. The lowest BCUT2D eigenvalue weighted by Crippen LogP contribution is -2.50. The van der Waals surface area contributed by atoms with Crippen LogP contribution in [0.5, 0.6) is 0 Å². The molecule has 2 aromatic rings. The number of aromatic nitrogens is 4. The molecule has 2 atom stereocenters. The Hall–Kier alpha value is -1.70. The van der Waals surface area contributed by atoms with Gasteiger partial charge in [-0.05, 0) is 18.4 Å². The van der Waals surface area contributed by atoms with Crippen LogP contribution in [-0.2, 0) is 31.8 Å². The average Bonchev–Trinajstić information content (AvgIpc) is 3.31. The second-order valence-electron chi connectivity index (χ2n) is 7.29. The van der Waals surface area contributed by atoms with Gasteiger partial charge in [-0.1, -0.05) is 0 Å². The molecule has 4 rings (SSSR count). The SMILES string of the molecule is Cn1cc(C[C@@H]2[C@@H](N3CCOCC3)CCN2Cc2cnn(C)c2)cn1. The van der Waals surface area contributed by atoms with Gasteiger partial charge in [0.2, 0.25) is 0 Å². The molecule has 2 saturated heterocycles. The van der Waals surface area contributed by atoms with Crippen molar-refractivity contribution in [2.24, 2.45) is 14.1 Å². The minimum Gasteiger partial charge on any atom is -0.379 e. The molecule has 0 amide bonds. The van der Waals surface area contributed by atoms with Crippen LogP contribution < -0.4 is 0 Å². The minimum absolute atomic E-state index is 0.516. The van der Waals surface area contributed by atoms with Crippen LogP contribution >= 0.6 is 0 Å². The first kappa shape index (κ1) is 16.8. The van der Waals surface area contributed by atoms with Crippen molar-refractivity contribution < 1.29 is 4.74 Å². The first-order chi connectivity index (χ1) is 12.2. The number of likely N-dealkylation sites (tertiary alicyclic amines) is 1. The first-order valence-corrected chi connectivity index (χ1v) is 9.20. The largest absolute Gasteiger partial charge is 0.379 e. The van der Waals surface area contributed by atoms with Crippen molar-refractivity contribution in [2.45, 2.75) is 31.5 Å². The molecule has 2 aromatic heterocycles. The summed E-state index contributed by atoms with van der Waals surface area (Å²) in [6.45, 7) is 5.93. The van der Waals surface area contributed by atoms with E-state index in [4.69, 9.17) is 4.74 Å². The number of aryl methyl sites for hydroxylation is 2. The molecule has 2 aliphatic rings. The summed E-state index contributed by atoms with van der Waals surface area (Å²) < 4.78 is 9.35. The fourth-order valence-corrected chi connectivity index (χ4v) is 4.30. The van der Waals surface area contributed by atoms with E-state index < -0.39 is 0 Å². The monoisotopic (exact) mass is 344 g/mol. The standard InChI is InChI=1S/C18H28N6O/c1-21-12-15(10-19-21)9-18-17(23-5-7-25-8-6-23)3-4-24(18)14-16-11-20-22(2)13-16/h10-13,17-18H,3-9,14H2,1-2H3/t17-,18+/m0/s1. The van der Waals surface area contributed by atoms with E-state index in [1.807, 2.05) is 35.9 Å². The molecule has 0 unspecified atom stereocenters. The molecule has 7 nitrogen and oxygen atoms in total. The lowest BCUT2D eigenvalue weighted by Gasteiger charge is -2.37. The van der Waals surface area contributed by atoms with Crippen molar-refractivity contribution in [1.29, 1.82) is 0 Å². The van der Waals surface area contributed by atoms with Crippen molar-refractivity contribution in [2.75, 3.05) is 32.8 Å². The molecule has 0 N–H and O–H groups in total. The molecule has 25 heavy (non-hydrogen) atoms. The fourth-order valence-electron chi connectivity index (χ4n) is 4.30. The van der Waals surface area contributed by atoms with Gasteiger partial charge in [0.15, 0.2) is 0 Å². The number of rotatable bonds is 5. The highest BCUT2D eigenvalue weighted by Crippen LogP contribution is 2.28. The maximum atomic E-state index is 5.56. The van der Waals surface area contributed by atoms with Gasteiger partial charge in [0.25, 0.3) is 0 Å². The molecule has 4 heterocycles. The van der Waals surface area contributed by atoms with E-state index in [-0.39, 0.29) is 0 Å². The Balaban J connectivity index is 1.52. The molecule has 7 heteroatoms. The Morgan fingerprint density at radius 3 is 2.32 bits per heavy atom. The van der Waals surface area contributed by atoms with Crippen LogP contribution in [-0.4, -0.2) is 74.3 Å². The van der Waals surface area contributed by atoms with E-state index in [1.165, 1.54) is 17.5 Å². The van der Waals surface area contributed by atoms with Gasteiger partial charge in [0, 0.05) is 70.3 Å². The Bertz CT molecular complexity index is 689. The van der Waals surface area contributed by atoms with E-state index >= 15 is 0 Å². The number of ether oxygens (including phenoxy) is 1. The molecule has 2 fully saturated rings. The van der Waals surface area contributed by atoms with E-state index in [2.05, 4.69) is 32.4 Å². The second kappa shape index (κ2) is 7.27. The topological polar surface area (TPSA) is 51.4 Å². The van der Waals surface area contributed by atoms with Crippen LogP contribution in [0, 0.1) is 0 Å². The zero-order chi connectivity index (χ0) is 17.2. The maximum Gasteiger partial charge on any atom is 0.0594 e. The van der Waals surface area contributed by atoms with Crippen LogP contribution in [0.15, 0.2) is 24.8 Å². The molecular formula is C18H28N6O. The van der Waals surface area contributed by atoms with E-state index in [1.54, 1.807) is 0 Å². The predicted molar refractivity (Wildman–Crippen MR) is 95.1 cm³/mol. The highest BCUT2D eigenvalue weighted by Gasteiger charge is 2.38. The summed E-state index contributed by atoms with van der Waals surface area (Å²) in [5, 5.41) is 8.69. The van der Waals surface area contributed by atoms with E-state index in [0.717, 1.165) is 45.8 Å². The van der Waals surface area contributed by atoms with Crippen LogP contribution in [0.2, 0.25) is 0 Å². The molecule has 136 valence electrons. The molecule has 0 aliphatic carbocycles. The number of nitrogens with zero attached hydrogens (tertiary/aromatic N) is 6. The zero-order valence-corrected chi connectivity index (χ0v) is 15.2. The number of morpholine rings is 1. The third-order valence-corrected chi connectivity index (χ3v) is 5.49. The normalized spacial score (nSPS) is 25.7. The summed E-state index contributed by atoms with van der Waals surface area (Å²) in [5.41, 5.74) is 2.62. The fraction of sp³-hybridized carbons (Fsp3) is 0.667. The van der Waals surface area contributed by atoms with Crippen LogP contribution in [0.4, 0.5) is 0 Å². The summed E-state index contributed by atoms with van der Waals surface area (Å²) >= 11 is 0. The summed E-state index contributed by atoms with van der Waals surface area (Å²) in [6, 6.07) is 1.11. The van der Waals surface area contributed by atoms with Gasteiger partial charge in [0.05, 0.1) is 25.6 Å². The molecular weight excluding hydrogens is 316 g/mol. The highest BCUT2D eigenvalue weighted by molar-refractivity contribution is 5.12. The maximum absolute atomic E-state index is 5.56. The Kier molecular flexibility index (Phi) is 4.87. The average molecular weight is 344 g/mol. The van der Waals surface area contributed by atoms with Gasteiger partial charge in [-0.15, -0.1) is 0 Å². The summed E-state index contributed by atoms with van der Waals surface area (Å²) in [4.78, 5) is 5.26. The molecule has 2 aliphatic heterocycles. The summed E-state index contributed by atoms with van der Waals surface area (Å²) in [7, 11) is 3.97. The Morgan fingerprint density at radius 2 is 1.68 bits per heavy atom. The Morgan fingerprint density at radius 1 is 1.00 bits per heavy atom. The highest BCUT2D eigenvalue weighted by atomic mass is 16.5. The molecule has 0 radical (unpaired) electrons. The summed E-state index contributed by atoms with van der Waals surface area (Å²) in [5.74, 6) is 0. The lowest BCUT2D eigenvalue weighted by molar-refractivity contribution is 0.00789. The lowest BCUT2D eigenvalue weighted by atomic mass is 10.00. The molecule has 0 spiro atoms. The van der Waals surface area contributed by atoms with Crippen molar-refractivity contribution in [1.82, 2.24) is 29.4 Å². The van der Waals surface area contributed by atoms with Gasteiger partial charge in [-0.3, -0.25) is 19.2 Å². The van der Waals surface area contributed by atoms with Crippen LogP contribution in [0.25, 0.3) is 0 Å². The zero-order valence-electron chi connectivity index (χ0n) is 15.2. The van der Waals surface area contributed by atoms with Crippen molar-refractivity contribution in [3.05, 3.63) is 35.9 Å². The van der Waals surface area contributed by atoms with Gasteiger partial charge in [-0.2, -0.15) is 10.2 Å². The van der Waals surface area contributed by atoms with E-state index in [0.29, 0.717) is 12.1 Å². The third kappa shape index (κ3) is 3.78. The van der Waals surface area contributed by atoms with Gasteiger partial charge < -0.3 is 4.74 Å². The van der Waals surface area contributed by atoms with E-state index in [9.17, 15) is 0 Å². The first-order valence-electron chi connectivity index (χ1n) is 9.20. The Labute approximate surface area is 149 Å². The smallest absolute Gasteiger partial charge is 0.0594 e. The van der Waals surface area contributed by atoms with Gasteiger partial charge in [0.1, 0.15) is 0 Å². The van der Waals surface area contributed by atoms with Crippen LogP contribution in [0.3, 0.4) is 0 Å². The molecule has 0 saturated carbocycles. The van der Waals surface area contributed by atoms with Crippen molar-refractivity contribution in [3.8, 4) is 0 Å². The number of hydrogen-bond donors (Lipinski definition) is 0. The van der Waals surface area contributed by atoms with Crippen LogP contribution in [0.1, 0.15) is 17.5 Å². The van der Waals surface area contributed by atoms with Gasteiger partial charge in [-0.25, -0.2) is 0 Å². The molecule has 0 bridgehead atoms. The number of hydrogen-bond acceptors (Lipinski definition) is 5. The third-order valence-electron chi connectivity index (χ3n) is 5.49. The quantitative estimate of drug-likeness (QED) is 0.798. The van der Waals surface area contributed by atoms with Gasteiger partial charge >= 0.3 is 0 Å². The molecule has 0 aromatic carbocycles.